The molecule has 1 aliphatic heterocycles. The Labute approximate surface area is 122 Å². The maximum atomic E-state index is 12.1. The van der Waals surface area contributed by atoms with Crippen LogP contribution in [0.15, 0.2) is 29.2 Å². The fraction of sp³-hybridized carbons (Fsp3) is 0.333. The molecule has 2 rings (SSSR count). The van der Waals surface area contributed by atoms with Gasteiger partial charge in [-0.15, -0.1) is 0 Å². The molecule has 6 nitrogen and oxygen atoms in total. The van der Waals surface area contributed by atoms with E-state index in [-0.39, 0.29) is 28.4 Å². The van der Waals surface area contributed by atoms with Gasteiger partial charge in [0.1, 0.15) is 4.99 Å². The first-order chi connectivity index (χ1) is 9.38. The molecular formula is C12H15N3O3S2. The predicted octanol–water partition coefficient (Wildman–Crippen LogP) is -0.122. The van der Waals surface area contributed by atoms with Gasteiger partial charge in [-0.25, -0.2) is 13.1 Å². The molecule has 108 valence electrons. The van der Waals surface area contributed by atoms with Gasteiger partial charge < -0.3 is 11.1 Å². The molecule has 1 aromatic rings. The van der Waals surface area contributed by atoms with Crippen molar-refractivity contribution in [3.05, 3.63) is 29.8 Å². The maximum Gasteiger partial charge on any atom is 0.240 e. The fourth-order valence-corrected chi connectivity index (χ4v) is 3.14. The quantitative estimate of drug-likeness (QED) is 0.658. The highest BCUT2D eigenvalue weighted by molar-refractivity contribution is 7.89. The first-order valence-electron chi connectivity index (χ1n) is 6.07. The number of hydrogen-bond donors (Lipinski definition) is 3. The van der Waals surface area contributed by atoms with Crippen LogP contribution < -0.4 is 15.8 Å². The summed E-state index contributed by atoms with van der Waals surface area (Å²) in [6.45, 7) is 0.186. The molecule has 4 N–H and O–H groups in total. The third-order valence-electron chi connectivity index (χ3n) is 3.05. The van der Waals surface area contributed by atoms with E-state index in [1.54, 1.807) is 12.1 Å². The van der Waals surface area contributed by atoms with Gasteiger partial charge in [-0.1, -0.05) is 24.4 Å². The number of benzene rings is 1. The molecule has 20 heavy (non-hydrogen) atoms. The number of nitrogens with two attached hydrogens (primary N) is 1. The summed E-state index contributed by atoms with van der Waals surface area (Å²) >= 11 is 4.81. The van der Waals surface area contributed by atoms with E-state index in [2.05, 4.69) is 10.0 Å². The van der Waals surface area contributed by atoms with Crippen LogP contribution in [-0.4, -0.2) is 31.9 Å². The van der Waals surface area contributed by atoms with E-state index in [9.17, 15) is 13.2 Å². The number of nitrogens with one attached hydrogen (secondary N) is 2. The molecule has 1 aromatic carbocycles. The molecule has 0 spiro atoms. The molecule has 8 heteroatoms. The van der Waals surface area contributed by atoms with Gasteiger partial charge in [0.25, 0.3) is 0 Å². The van der Waals surface area contributed by atoms with Gasteiger partial charge in [0, 0.05) is 24.6 Å². The average Bonchev–Trinajstić information content (AvgIpc) is 2.82. The molecule has 0 aromatic heterocycles. The number of rotatable bonds is 5. The summed E-state index contributed by atoms with van der Waals surface area (Å²) in [6.07, 6.45) is 1.08. The van der Waals surface area contributed by atoms with Crippen molar-refractivity contribution in [3.63, 3.8) is 0 Å². The molecule has 1 heterocycles. The fourth-order valence-electron chi connectivity index (χ4n) is 1.92. The van der Waals surface area contributed by atoms with Crippen LogP contribution in [-0.2, 0) is 14.8 Å². The van der Waals surface area contributed by atoms with Gasteiger partial charge in [0.15, 0.2) is 0 Å². The Morgan fingerprint density at radius 2 is 2.05 bits per heavy atom. The standard InChI is InChI=1S/C12H15N3O3S2/c13-12(19)8-1-4-10(5-2-8)20(17,18)14-7-9-3-6-11(16)15-9/h1-2,4-5,9,14H,3,6-7H2,(H2,13,19)(H,15,16). The summed E-state index contributed by atoms with van der Waals surface area (Å²) in [5.41, 5.74) is 6.07. The first-order valence-corrected chi connectivity index (χ1v) is 7.96. The monoisotopic (exact) mass is 313 g/mol. The van der Waals surface area contributed by atoms with Gasteiger partial charge in [-0.05, 0) is 18.6 Å². The zero-order valence-corrected chi connectivity index (χ0v) is 12.3. The number of carbonyl (C=O) groups excluding carboxylic acids is 1. The van der Waals surface area contributed by atoms with Crippen molar-refractivity contribution in [3.8, 4) is 0 Å². The van der Waals surface area contributed by atoms with Crippen LogP contribution >= 0.6 is 12.2 Å². The minimum atomic E-state index is -3.59. The van der Waals surface area contributed by atoms with Crippen molar-refractivity contribution in [2.45, 2.75) is 23.8 Å². The van der Waals surface area contributed by atoms with Crippen molar-refractivity contribution >= 4 is 33.1 Å². The predicted molar refractivity (Wildman–Crippen MR) is 78.7 cm³/mol. The molecule has 1 unspecified atom stereocenters. The van der Waals surface area contributed by atoms with E-state index in [0.717, 1.165) is 0 Å². The van der Waals surface area contributed by atoms with Gasteiger partial charge >= 0.3 is 0 Å². The lowest BCUT2D eigenvalue weighted by Crippen LogP contribution is -2.38. The van der Waals surface area contributed by atoms with Gasteiger partial charge in [-0.2, -0.15) is 0 Å². The van der Waals surface area contributed by atoms with Gasteiger partial charge in [0.05, 0.1) is 4.90 Å². The zero-order valence-electron chi connectivity index (χ0n) is 10.6. The Balaban J connectivity index is 2.02. The smallest absolute Gasteiger partial charge is 0.240 e. The molecule has 1 fully saturated rings. The van der Waals surface area contributed by atoms with Crippen molar-refractivity contribution in [2.24, 2.45) is 5.73 Å². The number of amides is 1. The van der Waals surface area contributed by atoms with Crippen LogP contribution in [0.3, 0.4) is 0 Å². The second-order valence-electron chi connectivity index (χ2n) is 4.54. The van der Waals surface area contributed by atoms with Crippen LogP contribution in [0, 0.1) is 0 Å². The molecule has 1 aliphatic rings. The van der Waals surface area contributed by atoms with E-state index in [1.165, 1.54) is 12.1 Å². The number of thiocarbonyl (C=S) groups is 1. The van der Waals surface area contributed by atoms with E-state index in [4.69, 9.17) is 18.0 Å². The molecule has 0 saturated carbocycles. The third kappa shape index (κ3) is 3.53. The van der Waals surface area contributed by atoms with Crippen LogP contribution in [0.4, 0.5) is 0 Å². The molecule has 0 aliphatic carbocycles. The summed E-state index contributed by atoms with van der Waals surface area (Å²) < 4.78 is 26.6. The second-order valence-corrected chi connectivity index (χ2v) is 6.75. The van der Waals surface area contributed by atoms with Crippen LogP contribution in [0.1, 0.15) is 18.4 Å². The van der Waals surface area contributed by atoms with Gasteiger partial charge in [0.2, 0.25) is 15.9 Å². The average molecular weight is 313 g/mol. The minimum Gasteiger partial charge on any atom is -0.389 e. The van der Waals surface area contributed by atoms with Crippen LogP contribution in [0.25, 0.3) is 0 Å². The topological polar surface area (TPSA) is 101 Å². The highest BCUT2D eigenvalue weighted by Crippen LogP contribution is 2.12. The van der Waals surface area contributed by atoms with E-state index in [1.807, 2.05) is 0 Å². The zero-order chi connectivity index (χ0) is 14.8. The minimum absolute atomic E-state index is 0.0463. The molecule has 0 radical (unpaired) electrons. The van der Waals surface area contributed by atoms with Crippen LogP contribution in [0.2, 0.25) is 0 Å². The number of hydrogen-bond acceptors (Lipinski definition) is 4. The first kappa shape index (κ1) is 14.9. The maximum absolute atomic E-state index is 12.1. The van der Waals surface area contributed by atoms with Crippen LogP contribution in [0.5, 0.6) is 0 Å². The van der Waals surface area contributed by atoms with Crippen molar-refractivity contribution in [1.82, 2.24) is 10.0 Å². The Morgan fingerprint density at radius 1 is 1.40 bits per heavy atom. The summed E-state index contributed by atoms with van der Waals surface area (Å²) in [7, 11) is -3.59. The van der Waals surface area contributed by atoms with E-state index >= 15 is 0 Å². The summed E-state index contributed by atoms with van der Waals surface area (Å²) in [5, 5.41) is 2.70. The van der Waals surface area contributed by atoms with Crippen molar-refractivity contribution in [2.75, 3.05) is 6.54 Å². The molecule has 1 atom stereocenters. The Kier molecular flexibility index (Phi) is 4.36. The number of sulfonamides is 1. The van der Waals surface area contributed by atoms with Crippen molar-refractivity contribution in [1.29, 1.82) is 0 Å². The highest BCUT2D eigenvalue weighted by Gasteiger charge is 2.23. The lowest BCUT2D eigenvalue weighted by atomic mass is 10.2. The second kappa shape index (κ2) is 5.86. The molecule has 1 amide bonds. The van der Waals surface area contributed by atoms with Crippen molar-refractivity contribution < 1.29 is 13.2 Å². The lowest BCUT2D eigenvalue weighted by molar-refractivity contribution is -0.119. The largest absolute Gasteiger partial charge is 0.389 e. The SMILES string of the molecule is NC(=S)c1ccc(S(=O)(=O)NCC2CCC(=O)N2)cc1. The normalized spacial score (nSPS) is 18.8. The Hall–Kier alpha value is -1.51. The summed E-state index contributed by atoms with van der Waals surface area (Å²) in [6, 6.07) is 5.88. The Morgan fingerprint density at radius 3 is 2.55 bits per heavy atom. The summed E-state index contributed by atoms with van der Waals surface area (Å²) in [5.74, 6) is -0.0463. The van der Waals surface area contributed by atoms with E-state index in [0.29, 0.717) is 18.4 Å². The molecule has 0 bridgehead atoms. The highest BCUT2D eigenvalue weighted by atomic mass is 32.2. The van der Waals surface area contributed by atoms with Gasteiger partial charge in [-0.3, -0.25) is 4.79 Å². The third-order valence-corrected chi connectivity index (χ3v) is 4.73. The lowest BCUT2D eigenvalue weighted by Gasteiger charge is -2.12. The Bertz CT molecular complexity index is 626. The molecular weight excluding hydrogens is 298 g/mol. The van der Waals surface area contributed by atoms with E-state index < -0.39 is 10.0 Å². The summed E-state index contributed by atoms with van der Waals surface area (Å²) in [4.78, 5) is 11.4. The molecule has 1 saturated heterocycles. The number of carbonyl (C=O) groups is 1.